The first-order valence-electron chi connectivity index (χ1n) is 9.73. The lowest BCUT2D eigenvalue weighted by Gasteiger charge is -2.46. The molecular weight excluding hydrogens is 296 g/mol. The van der Waals surface area contributed by atoms with Gasteiger partial charge in [0, 0.05) is 43.3 Å². The molecule has 4 nitrogen and oxygen atoms in total. The highest BCUT2D eigenvalue weighted by Crippen LogP contribution is 2.30. The fourth-order valence-electron chi connectivity index (χ4n) is 3.60. The summed E-state index contributed by atoms with van der Waals surface area (Å²) >= 11 is 0. The van der Waals surface area contributed by atoms with Crippen LogP contribution in [0.2, 0.25) is 0 Å². The van der Waals surface area contributed by atoms with E-state index in [1.807, 2.05) is 0 Å². The molecule has 4 heteroatoms. The molecule has 1 aliphatic heterocycles. The topological polar surface area (TPSA) is 13.0 Å². The van der Waals surface area contributed by atoms with Gasteiger partial charge in [0.2, 0.25) is 0 Å². The third-order valence-electron chi connectivity index (χ3n) is 6.32. The summed E-state index contributed by atoms with van der Waals surface area (Å²) in [7, 11) is 11.0. The quantitative estimate of drug-likeness (QED) is 0.640. The minimum absolute atomic E-state index is 0.259. The van der Waals surface area contributed by atoms with Crippen LogP contribution in [0.5, 0.6) is 0 Å². The SMILES string of the molecule is CN(C)CCN(C)C(C)(C)CCC(C)(C)N1CCC(N(C)C)CC1. The molecule has 0 radical (unpaired) electrons. The van der Waals surface area contributed by atoms with Gasteiger partial charge in [-0.15, -0.1) is 0 Å². The molecule has 24 heavy (non-hydrogen) atoms. The first-order chi connectivity index (χ1) is 11.0. The fourth-order valence-corrected chi connectivity index (χ4v) is 3.60. The van der Waals surface area contributed by atoms with Crippen LogP contribution in [0.4, 0.5) is 0 Å². The van der Waals surface area contributed by atoms with E-state index >= 15 is 0 Å². The Labute approximate surface area is 152 Å². The van der Waals surface area contributed by atoms with Gasteiger partial charge in [-0.1, -0.05) is 0 Å². The Kier molecular flexibility index (Phi) is 8.18. The summed E-state index contributed by atoms with van der Waals surface area (Å²) in [6.45, 7) is 14.4. The zero-order valence-electron chi connectivity index (χ0n) is 18.0. The van der Waals surface area contributed by atoms with Crippen LogP contribution in [0.1, 0.15) is 53.4 Å². The van der Waals surface area contributed by atoms with E-state index < -0.39 is 0 Å². The Morgan fingerprint density at radius 2 is 1.38 bits per heavy atom. The molecule has 0 unspecified atom stereocenters. The van der Waals surface area contributed by atoms with Gasteiger partial charge in [0.1, 0.15) is 0 Å². The van der Waals surface area contributed by atoms with Crippen molar-refractivity contribution in [1.82, 2.24) is 19.6 Å². The maximum absolute atomic E-state index is 2.73. The molecule has 1 saturated heterocycles. The zero-order valence-corrected chi connectivity index (χ0v) is 18.0. The maximum Gasteiger partial charge on any atom is 0.0153 e. The van der Waals surface area contributed by atoms with Crippen LogP contribution in [0, 0.1) is 0 Å². The van der Waals surface area contributed by atoms with Gasteiger partial charge in [0.15, 0.2) is 0 Å². The Bertz CT molecular complexity index is 355. The minimum atomic E-state index is 0.259. The molecule has 0 saturated carbocycles. The van der Waals surface area contributed by atoms with Crippen molar-refractivity contribution in [3.8, 4) is 0 Å². The highest BCUT2D eigenvalue weighted by atomic mass is 15.2. The Morgan fingerprint density at radius 1 is 0.833 bits per heavy atom. The minimum Gasteiger partial charge on any atom is -0.308 e. The Balaban J connectivity index is 2.49. The summed E-state index contributed by atoms with van der Waals surface area (Å²) in [6.07, 6.45) is 5.13. The molecule has 0 bridgehead atoms. The smallest absolute Gasteiger partial charge is 0.0153 e. The molecule has 0 aromatic heterocycles. The van der Waals surface area contributed by atoms with E-state index in [1.54, 1.807) is 0 Å². The number of likely N-dealkylation sites (tertiary alicyclic amines) is 1. The van der Waals surface area contributed by atoms with Gasteiger partial charge in [0.25, 0.3) is 0 Å². The van der Waals surface area contributed by atoms with Gasteiger partial charge in [-0.25, -0.2) is 0 Å². The average molecular weight is 341 g/mol. The van der Waals surface area contributed by atoms with E-state index in [2.05, 4.69) is 82.5 Å². The molecule has 0 amide bonds. The molecule has 1 heterocycles. The second-order valence-corrected chi connectivity index (χ2v) is 9.53. The van der Waals surface area contributed by atoms with Crippen molar-refractivity contribution in [2.45, 2.75) is 70.5 Å². The first-order valence-corrected chi connectivity index (χ1v) is 9.73. The van der Waals surface area contributed by atoms with Crippen LogP contribution in [0.25, 0.3) is 0 Å². The largest absolute Gasteiger partial charge is 0.308 e. The van der Waals surface area contributed by atoms with E-state index in [-0.39, 0.29) is 5.54 Å². The maximum atomic E-state index is 2.73. The van der Waals surface area contributed by atoms with Gasteiger partial charge < -0.3 is 9.80 Å². The number of rotatable bonds is 9. The summed E-state index contributed by atoms with van der Waals surface area (Å²) < 4.78 is 0. The van der Waals surface area contributed by atoms with Crippen molar-refractivity contribution in [3.63, 3.8) is 0 Å². The van der Waals surface area contributed by atoms with Gasteiger partial charge in [-0.3, -0.25) is 9.80 Å². The lowest BCUT2D eigenvalue weighted by Crippen LogP contribution is -2.52. The number of piperidine rings is 1. The van der Waals surface area contributed by atoms with Crippen molar-refractivity contribution >= 4 is 0 Å². The van der Waals surface area contributed by atoms with Crippen LogP contribution in [-0.4, -0.2) is 98.1 Å². The molecular formula is C20H44N4. The highest BCUT2D eigenvalue weighted by molar-refractivity contribution is 4.90. The van der Waals surface area contributed by atoms with E-state index in [4.69, 9.17) is 0 Å². The van der Waals surface area contributed by atoms with Gasteiger partial charge in [-0.05, 0) is 88.6 Å². The summed E-state index contributed by atoms with van der Waals surface area (Å²) in [5.74, 6) is 0. The molecule has 1 aliphatic rings. The predicted molar refractivity (Wildman–Crippen MR) is 107 cm³/mol. The summed E-state index contributed by atoms with van der Waals surface area (Å²) in [6, 6.07) is 0.769. The van der Waals surface area contributed by atoms with Crippen molar-refractivity contribution in [2.24, 2.45) is 0 Å². The van der Waals surface area contributed by atoms with E-state index in [9.17, 15) is 0 Å². The molecule has 1 rings (SSSR count). The van der Waals surface area contributed by atoms with Gasteiger partial charge in [-0.2, -0.15) is 0 Å². The van der Waals surface area contributed by atoms with Crippen molar-refractivity contribution in [3.05, 3.63) is 0 Å². The van der Waals surface area contributed by atoms with Crippen LogP contribution in [0.15, 0.2) is 0 Å². The van der Waals surface area contributed by atoms with Crippen LogP contribution < -0.4 is 0 Å². The predicted octanol–water partition coefficient (Wildman–Crippen LogP) is 2.84. The first kappa shape index (κ1) is 21.9. The van der Waals surface area contributed by atoms with Crippen molar-refractivity contribution in [1.29, 1.82) is 0 Å². The Morgan fingerprint density at radius 3 is 1.83 bits per heavy atom. The molecule has 144 valence electrons. The van der Waals surface area contributed by atoms with Gasteiger partial charge >= 0.3 is 0 Å². The number of hydrogen-bond donors (Lipinski definition) is 0. The normalized spacial score (nSPS) is 19.0. The summed E-state index contributed by atoms with van der Waals surface area (Å²) in [4.78, 5) is 9.92. The number of nitrogens with zero attached hydrogens (tertiary/aromatic N) is 4. The Hall–Kier alpha value is -0.160. The lowest BCUT2D eigenvalue weighted by atomic mass is 9.86. The van der Waals surface area contributed by atoms with Crippen LogP contribution >= 0.6 is 0 Å². The van der Waals surface area contributed by atoms with Crippen molar-refractivity contribution in [2.75, 3.05) is 61.4 Å². The second kappa shape index (κ2) is 8.98. The van der Waals surface area contributed by atoms with E-state index in [1.165, 1.54) is 38.8 Å². The van der Waals surface area contributed by atoms with E-state index in [0.717, 1.165) is 19.1 Å². The van der Waals surface area contributed by atoms with Gasteiger partial charge in [0.05, 0.1) is 0 Å². The molecule has 0 aromatic rings. The molecule has 0 aromatic carbocycles. The zero-order chi connectivity index (χ0) is 18.5. The third-order valence-corrected chi connectivity index (χ3v) is 6.32. The molecule has 1 fully saturated rings. The van der Waals surface area contributed by atoms with Crippen LogP contribution in [-0.2, 0) is 0 Å². The number of hydrogen-bond acceptors (Lipinski definition) is 4. The van der Waals surface area contributed by atoms with E-state index in [0.29, 0.717) is 5.54 Å². The molecule has 0 N–H and O–H groups in total. The van der Waals surface area contributed by atoms with Crippen LogP contribution in [0.3, 0.4) is 0 Å². The third kappa shape index (κ3) is 6.62. The lowest BCUT2D eigenvalue weighted by molar-refractivity contribution is 0.0406. The average Bonchev–Trinajstić information content (AvgIpc) is 2.50. The summed E-state index contributed by atoms with van der Waals surface area (Å²) in [5.41, 5.74) is 0.562. The molecule has 0 aliphatic carbocycles. The monoisotopic (exact) mass is 340 g/mol. The van der Waals surface area contributed by atoms with Crippen molar-refractivity contribution < 1.29 is 0 Å². The molecule has 0 spiro atoms. The highest BCUT2D eigenvalue weighted by Gasteiger charge is 2.33. The standard InChI is InChI=1S/C20H44N4/c1-19(2,23(9)17-16-21(5)6)12-13-20(3,4)24-14-10-18(11-15-24)22(7)8/h18H,10-17H2,1-9H3. The second-order valence-electron chi connectivity index (χ2n) is 9.53. The summed E-state index contributed by atoms with van der Waals surface area (Å²) in [5, 5.41) is 0. The fraction of sp³-hybridized carbons (Fsp3) is 1.00. The number of likely N-dealkylation sites (N-methyl/N-ethyl adjacent to an activating group) is 2. The molecule has 0 atom stereocenters.